The summed E-state index contributed by atoms with van der Waals surface area (Å²) in [6.07, 6.45) is 0.00116. The van der Waals surface area contributed by atoms with Crippen molar-refractivity contribution in [3.8, 4) is 5.75 Å². The quantitative estimate of drug-likeness (QED) is 0.568. The molecule has 0 bridgehead atoms. The Morgan fingerprint density at radius 2 is 2.13 bits per heavy atom. The summed E-state index contributed by atoms with van der Waals surface area (Å²) >= 11 is 5.68. The number of carboxylic acid groups (broad SMARTS) is 1. The number of anilines is 1. The lowest BCUT2D eigenvalue weighted by atomic mass is 10.1. The molecule has 0 aliphatic carbocycles. The van der Waals surface area contributed by atoms with Crippen molar-refractivity contribution in [3.63, 3.8) is 0 Å². The van der Waals surface area contributed by atoms with Crippen LogP contribution in [0.25, 0.3) is 0 Å². The third-order valence-corrected chi connectivity index (χ3v) is 2.38. The first-order valence-electron chi connectivity index (χ1n) is 4.17. The Bertz CT molecular complexity index is 395. The van der Waals surface area contributed by atoms with Crippen molar-refractivity contribution in [1.82, 2.24) is 0 Å². The van der Waals surface area contributed by atoms with E-state index in [-0.39, 0.29) is 22.9 Å². The number of rotatable bonds is 3. The van der Waals surface area contributed by atoms with Crippen LogP contribution in [0.4, 0.5) is 5.69 Å². The van der Waals surface area contributed by atoms with Gasteiger partial charge in [-0.1, -0.05) is 17.7 Å². The van der Waals surface area contributed by atoms with E-state index in [1.165, 1.54) is 12.1 Å². The Labute approximate surface area is 91.3 Å². The van der Waals surface area contributed by atoms with Gasteiger partial charge in [0.25, 0.3) is 0 Å². The highest BCUT2D eigenvalue weighted by atomic mass is 35.5. The molecular formula is C9H11ClN2O3. The Kier molecular flexibility index (Phi) is 3.39. The van der Waals surface area contributed by atoms with Crippen molar-refractivity contribution in [2.45, 2.75) is 12.5 Å². The van der Waals surface area contributed by atoms with E-state index in [0.29, 0.717) is 5.56 Å². The molecule has 1 aromatic carbocycles. The first-order valence-corrected chi connectivity index (χ1v) is 4.55. The number of phenols is 1. The Hall–Kier alpha value is -1.46. The fourth-order valence-corrected chi connectivity index (χ4v) is 1.29. The van der Waals surface area contributed by atoms with Gasteiger partial charge in [-0.25, -0.2) is 0 Å². The fraction of sp³-hybridized carbons (Fsp3) is 0.222. The SMILES string of the molecule is Nc1ccc(CC(N)C(=O)O)c(O)c1Cl. The van der Waals surface area contributed by atoms with E-state index in [1.807, 2.05) is 0 Å². The van der Waals surface area contributed by atoms with Gasteiger partial charge in [0.05, 0.1) is 5.69 Å². The van der Waals surface area contributed by atoms with Gasteiger partial charge in [0.15, 0.2) is 0 Å². The van der Waals surface area contributed by atoms with Gasteiger partial charge in [-0.2, -0.15) is 0 Å². The van der Waals surface area contributed by atoms with Crippen molar-refractivity contribution in [2.24, 2.45) is 5.73 Å². The summed E-state index contributed by atoms with van der Waals surface area (Å²) in [6, 6.07) is 1.92. The molecule has 1 unspecified atom stereocenters. The summed E-state index contributed by atoms with van der Waals surface area (Å²) in [7, 11) is 0. The molecule has 0 fully saturated rings. The number of halogens is 1. The Morgan fingerprint density at radius 3 is 2.67 bits per heavy atom. The van der Waals surface area contributed by atoms with Gasteiger partial charge < -0.3 is 21.7 Å². The molecule has 0 aromatic heterocycles. The van der Waals surface area contributed by atoms with Gasteiger partial charge in [-0.3, -0.25) is 4.79 Å². The molecule has 1 aromatic rings. The summed E-state index contributed by atoms with van der Waals surface area (Å²) < 4.78 is 0. The largest absolute Gasteiger partial charge is 0.506 e. The first kappa shape index (κ1) is 11.6. The number of hydrogen-bond acceptors (Lipinski definition) is 4. The molecule has 0 amide bonds. The summed E-state index contributed by atoms with van der Waals surface area (Å²) in [4.78, 5) is 10.5. The lowest BCUT2D eigenvalue weighted by molar-refractivity contribution is -0.138. The van der Waals surface area contributed by atoms with Gasteiger partial charge in [-0.05, 0) is 11.6 Å². The van der Waals surface area contributed by atoms with Crippen LogP contribution in [0, 0.1) is 0 Å². The predicted molar refractivity (Wildman–Crippen MR) is 56.8 cm³/mol. The fourth-order valence-electron chi connectivity index (χ4n) is 1.11. The van der Waals surface area contributed by atoms with Crippen LogP contribution in [-0.2, 0) is 11.2 Å². The van der Waals surface area contributed by atoms with E-state index in [4.69, 9.17) is 28.2 Å². The standard InChI is InChI=1S/C9H11ClN2O3/c10-7-5(11)2-1-4(8(7)13)3-6(12)9(14)15/h1-2,6,13H,3,11-12H2,(H,14,15). The number of nitrogen functional groups attached to an aromatic ring is 1. The van der Waals surface area contributed by atoms with E-state index in [2.05, 4.69) is 0 Å². The van der Waals surface area contributed by atoms with Crippen LogP contribution in [-0.4, -0.2) is 22.2 Å². The Morgan fingerprint density at radius 1 is 1.53 bits per heavy atom. The van der Waals surface area contributed by atoms with Crippen LogP contribution in [0.3, 0.4) is 0 Å². The summed E-state index contributed by atoms with van der Waals surface area (Å²) in [5.74, 6) is -1.35. The molecule has 5 nitrogen and oxygen atoms in total. The normalized spacial score (nSPS) is 12.4. The van der Waals surface area contributed by atoms with Gasteiger partial charge in [-0.15, -0.1) is 0 Å². The van der Waals surface area contributed by atoms with Gasteiger partial charge in [0, 0.05) is 6.42 Å². The molecule has 1 atom stereocenters. The van der Waals surface area contributed by atoms with Crippen molar-refractivity contribution in [2.75, 3.05) is 5.73 Å². The van der Waals surface area contributed by atoms with Crippen molar-refractivity contribution in [3.05, 3.63) is 22.7 Å². The molecule has 0 heterocycles. The lowest BCUT2D eigenvalue weighted by Gasteiger charge is -2.10. The number of aliphatic carboxylic acids is 1. The van der Waals surface area contributed by atoms with E-state index in [9.17, 15) is 9.90 Å². The highest BCUT2D eigenvalue weighted by Gasteiger charge is 2.16. The third-order valence-electron chi connectivity index (χ3n) is 1.99. The number of hydrogen-bond donors (Lipinski definition) is 4. The second-order valence-corrected chi connectivity index (χ2v) is 3.50. The molecule has 0 saturated heterocycles. The molecule has 1 rings (SSSR count). The third kappa shape index (κ3) is 2.51. The number of carboxylic acids is 1. The monoisotopic (exact) mass is 230 g/mol. The zero-order valence-electron chi connectivity index (χ0n) is 7.77. The van der Waals surface area contributed by atoms with Crippen molar-refractivity contribution >= 4 is 23.3 Å². The smallest absolute Gasteiger partial charge is 0.320 e. The van der Waals surface area contributed by atoms with Crippen LogP contribution in [0.5, 0.6) is 5.75 Å². The second kappa shape index (κ2) is 4.37. The zero-order valence-corrected chi connectivity index (χ0v) is 8.53. The summed E-state index contributed by atoms with van der Waals surface area (Å²) in [5, 5.41) is 18.2. The highest BCUT2D eigenvalue weighted by molar-refractivity contribution is 6.34. The summed E-state index contributed by atoms with van der Waals surface area (Å²) in [6.45, 7) is 0. The van der Waals surface area contributed by atoms with E-state index in [0.717, 1.165) is 0 Å². The molecule has 6 N–H and O–H groups in total. The molecule has 6 heteroatoms. The Balaban J connectivity index is 2.97. The highest BCUT2D eigenvalue weighted by Crippen LogP contribution is 2.33. The van der Waals surface area contributed by atoms with E-state index < -0.39 is 12.0 Å². The average molecular weight is 231 g/mol. The van der Waals surface area contributed by atoms with Crippen LogP contribution >= 0.6 is 11.6 Å². The lowest BCUT2D eigenvalue weighted by Crippen LogP contribution is -2.32. The first-order chi connectivity index (χ1) is 6.93. The maximum absolute atomic E-state index is 10.5. The van der Waals surface area contributed by atoms with Crippen LogP contribution in [0.1, 0.15) is 5.56 Å². The van der Waals surface area contributed by atoms with Crippen LogP contribution < -0.4 is 11.5 Å². The number of aromatic hydroxyl groups is 1. The minimum absolute atomic E-state index is 0.00116. The minimum atomic E-state index is -1.14. The topological polar surface area (TPSA) is 110 Å². The number of nitrogens with two attached hydrogens (primary N) is 2. The van der Waals surface area contributed by atoms with Gasteiger partial charge >= 0.3 is 5.97 Å². The molecule has 0 saturated carbocycles. The molecule has 0 spiro atoms. The molecule has 0 aliphatic heterocycles. The zero-order chi connectivity index (χ0) is 11.6. The molecule has 82 valence electrons. The minimum Gasteiger partial charge on any atom is -0.506 e. The van der Waals surface area contributed by atoms with Crippen LogP contribution in [0.2, 0.25) is 5.02 Å². The molecular weight excluding hydrogens is 220 g/mol. The molecule has 15 heavy (non-hydrogen) atoms. The predicted octanol–water partition coefficient (Wildman–Crippen LogP) is 0.582. The van der Waals surface area contributed by atoms with E-state index >= 15 is 0 Å². The van der Waals surface area contributed by atoms with Gasteiger partial charge in [0.2, 0.25) is 0 Å². The van der Waals surface area contributed by atoms with Crippen molar-refractivity contribution < 1.29 is 15.0 Å². The van der Waals surface area contributed by atoms with Crippen LogP contribution in [0.15, 0.2) is 12.1 Å². The number of benzene rings is 1. The van der Waals surface area contributed by atoms with Gasteiger partial charge in [0.1, 0.15) is 16.8 Å². The molecule has 0 radical (unpaired) electrons. The summed E-state index contributed by atoms with van der Waals surface area (Å²) in [5.41, 5.74) is 11.4. The number of phenolic OH excluding ortho intramolecular Hbond substituents is 1. The maximum atomic E-state index is 10.5. The number of carbonyl (C=O) groups is 1. The van der Waals surface area contributed by atoms with Crippen molar-refractivity contribution in [1.29, 1.82) is 0 Å². The maximum Gasteiger partial charge on any atom is 0.320 e. The second-order valence-electron chi connectivity index (χ2n) is 3.13. The average Bonchev–Trinajstić information content (AvgIpc) is 2.18. The molecule has 0 aliphatic rings. The van der Waals surface area contributed by atoms with E-state index in [1.54, 1.807) is 0 Å².